The van der Waals surface area contributed by atoms with E-state index < -0.39 is 0 Å². The first kappa shape index (κ1) is 10.5. The first-order valence-electron chi connectivity index (χ1n) is 3.87. The predicted octanol–water partition coefficient (Wildman–Crippen LogP) is 2.50. The van der Waals surface area contributed by atoms with Gasteiger partial charge in [0.25, 0.3) is 0 Å². The molecule has 1 unspecified atom stereocenters. The molecule has 0 bridgehead atoms. The number of amides is 2. The maximum atomic E-state index is 11.0. The van der Waals surface area contributed by atoms with Crippen molar-refractivity contribution in [1.29, 1.82) is 0 Å². The Morgan fingerprint density at radius 3 is 2.77 bits per heavy atom. The van der Waals surface area contributed by atoms with Gasteiger partial charge in [-0.2, -0.15) is 0 Å². The molecule has 0 radical (unpaired) electrons. The number of hydrogen-bond donors (Lipinski definition) is 2. The zero-order valence-electron chi connectivity index (χ0n) is 7.43. The average molecular weight is 263 g/mol. The van der Waals surface area contributed by atoms with Gasteiger partial charge in [0.05, 0.1) is 9.83 Å². The molecule has 2 amide bonds. The van der Waals surface area contributed by atoms with Gasteiger partial charge < -0.3 is 10.6 Å². The van der Waals surface area contributed by atoms with Crippen LogP contribution in [0.5, 0.6) is 0 Å². The minimum absolute atomic E-state index is 0.0521. The summed E-state index contributed by atoms with van der Waals surface area (Å²) in [5.41, 5.74) is 0. The molecule has 0 saturated heterocycles. The number of nitrogens with one attached hydrogen (secondary N) is 2. The van der Waals surface area contributed by atoms with Crippen molar-refractivity contribution >= 4 is 33.3 Å². The largest absolute Gasteiger partial charge is 0.341 e. The normalized spacial score (nSPS) is 12.2. The fourth-order valence-corrected chi connectivity index (χ4v) is 2.33. The maximum Gasteiger partial charge on any atom is 0.315 e. The molecule has 1 rings (SSSR count). The van der Waals surface area contributed by atoms with Gasteiger partial charge in [0, 0.05) is 11.9 Å². The highest BCUT2D eigenvalue weighted by atomic mass is 79.9. The summed E-state index contributed by atoms with van der Waals surface area (Å²) < 4.78 is 1.08. The van der Waals surface area contributed by atoms with Gasteiger partial charge in [-0.25, -0.2) is 4.79 Å². The molecule has 0 aliphatic rings. The van der Waals surface area contributed by atoms with E-state index in [0.717, 1.165) is 8.66 Å². The Labute approximate surface area is 89.7 Å². The van der Waals surface area contributed by atoms with Crippen LogP contribution in [0, 0.1) is 0 Å². The second-order valence-electron chi connectivity index (χ2n) is 2.59. The minimum atomic E-state index is -0.156. The number of carbonyl (C=O) groups excluding carboxylic acids is 1. The van der Waals surface area contributed by atoms with Crippen LogP contribution in [-0.2, 0) is 0 Å². The molecule has 3 nitrogen and oxygen atoms in total. The van der Waals surface area contributed by atoms with Gasteiger partial charge >= 0.3 is 6.03 Å². The lowest BCUT2D eigenvalue weighted by Crippen LogP contribution is -2.34. The van der Waals surface area contributed by atoms with Crippen molar-refractivity contribution in [2.45, 2.75) is 13.0 Å². The number of hydrogen-bond acceptors (Lipinski definition) is 2. The Hall–Kier alpha value is -0.550. The zero-order chi connectivity index (χ0) is 9.84. The van der Waals surface area contributed by atoms with Crippen LogP contribution in [0.4, 0.5) is 4.79 Å². The van der Waals surface area contributed by atoms with E-state index in [0.29, 0.717) is 0 Å². The second-order valence-corrected chi connectivity index (χ2v) is 5.08. The summed E-state index contributed by atoms with van der Waals surface area (Å²) in [6, 6.07) is 3.87. The summed E-state index contributed by atoms with van der Waals surface area (Å²) in [7, 11) is 1.60. The van der Waals surface area contributed by atoms with Crippen LogP contribution >= 0.6 is 27.3 Å². The van der Waals surface area contributed by atoms with Crippen LogP contribution in [0.15, 0.2) is 15.9 Å². The van der Waals surface area contributed by atoms with Crippen molar-refractivity contribution in [2.75, 3.05) is 7.05 Å². The summed E-state index contributed by atoms with van der Waals surface area (Å²) in [4.78, 5) is 12.1. The lowest BCUT2D eigenvalue weighted by molar-refractivity contribution is 0.240. The molecule has 13 heavy (non-hydrogen) atoms. The summed E-state index contributed by atoms with van der Waals surface area (Å²) in [5, 5.41) is 5.31. The van der Waals surface area contributed by atoms with E-state index in [9.17, 15) is 4.79 Å². The number of urea groups is 1. The standard InChI is InChI=1S/C8H11BrN2OS/c1-5(11-8(12)10-2)6-3-4-7(9)13-6/h3-5H,1-2H3,(H2,10,11,12). The average Bonchev–Trinajstić information content (AvgIpc) is 2.51. The Morgan fingerprint density at radius 1 is 1.62 bits per heavy atom. The first-order valence-corrected chi connectivity index (χ1v) is 5.48. The monoisotopic (exact) mass is 262 g/mol. The Balaban J connectivity index is 2.58. The van der Waals surface area contributed by atoms with Crippen LogP contribution in [0.3, 0.4) is 0 Å². The van der Waals surface area contributed by atoms with Crippen molar-refractivity contribution in [1.82, 2.24) is 10.6 Å². The van der Waals surface area contributed by atoms with Crippen molar-refractivity contribution in [2.24, 2.45) is 0 Å². The van der Waals surface area contributed by atoms with E-state index >= 15 is 0 Å². The van der Waals surface area contributed by atoms with Crippen LogP contribution in [-0.4, -0.2) is 13.1 Å². The molecule has 1 heterocycles. The van der Waals surface area contributed by atoms with Gasteiger partial charge in [0.2, 0.25) is 0 Å². The topological polar surface area (TPSA) is 41.1 Å². The molecule has 0 fully saturated rings. The van der Waals surface area contributed by atoms with Gasteiger partial charge in [-0.3, -0.25) is 0 Å². The summed E-state index contributed by atoms with van der Waals surface area (Å²) >= 11 is 5.00. The first-order chi connectivity index (χ1) is 6.13. The van der Waals surface area contributed by atoms with Crippen LogP contribution in [0.1, 0.15) is 17.8 Å². The molecule has 1 atom stereocenters. The van der Waals surface area contributed by atoms with Gasteiger partial charge in [0.15, 0.2) is 0 Å². The molecular formula is C8H11BrN2OS. The van der Waals surface area contributed by atoms with Crippen molar-refractivity contribution in [3.05, 3.63) is 20.8 Å². The van der Waals surface area contributed by atoms with Gasteiger partial charge in [0.1, 0.15) is 0 Å². The fraction of sp³-hybridized carbons (Fsp3) is 0.375. The molecule has 0 aliphatic carbocycles. The molecular weight excluding hydrogens is 252 g/mol. The summed E-state index contributed by atoms with van der Waals surface area (Å²) in [6.07, 6.45) is 0. The van der Waals surface area contributed by atoms with E-state index in [1.54, 1.807) is 18.4 Å². The fourth-order valence-electron chi connectivity index (χ4n) is 0.901. The molecule has 72 valence electrons. The molecule has 0 aromatic carbocycles. The molecule has 5 heteroatoms. The van der Waals surface area contributed by atoms with E-state index in [1.807, 2.05) is 19.1 Å². The summed E-state index contributed by atoms with van der Waals surface area (Å²) in [6.45, 7) is 1.95. The van der Waals surface area contributed by atoms with E-state index in [4.69, 9.17) is 0 Å². The molecule has 0 spiro atoms. The number of thiophene rings is 1. The van der Waals surface area contributed by atoms with E-state index in [2.05, 4.69) is 26.6 Å². The highest BCUT2D eigenvalue weighted by Gasteiger charge is 2.09. The van der Waals surface area contributed by atoms with Gasteiger partial charge in [-0.1, -0.05) is 0 Å². The third-order valence-electron chi connectivity index (χ3n) is 1.60. The van der Waals surface area contributed by atoms with Crippen LogP contribution < -0.4 is 10.6 Å². The second kappa shape index (κ2) is 4.62. The molecule has 2 N–H and O–H groups in total. The highest BCUT2D eigenvalue weighted by molar-refractivity contribution is 9.11. The smallest absolute Gasteiger partial charge is 0.315 e. The quantitative estimate of drug-likeness (QED) is 0.845. The van der Waals surface area contributed by atoms with Crippen molar-refractivity contribution in [3.63, 3.8) is 0 Å². The van der Waals surface area contributed by atoms with Crippen molar-refractivity contribution in [3.8, 4) is 0 Å². The van der Waals surface area contributed by atoms with Crippen LogP contribution in [0.2, 0.25) is 0 Å². The highest BCUT2D eigenvalue weighted by Crippen LogP contribution is 2.26. The Morgan fingerprint density at radius 2 is 2.31 bits per heavy atom. The SMILES string of the molecule is CNC(=O)NC(C)c1ccc(Br)s1. The Kier molecular flexibility index (Phi) is 3.74. The number of halogens is 1. The van der Waals surface area contributed by atoms with Crippen molar-refractivity contribution < 1.29 is 4.79 Å². The van der Waals surface area contributed by atoms with E-state index in [1.165, 1.54) is 0 Å². The lowest BCUT2D eigenvalue weighted by atomic mass is 10.3. The maximum absolute atomic E-state index is 11.0. The van der Waals surface area contributed by atoms with E-state index in [-0.39, 0.29) is 12.1 Å². The molecule has 0 aliphatic heterocycles. The molecule has 1 aromatic heterocycles. The molecule has 1 aromatic rings. The third kappa shape index (κ3) is 3.00. The van der Waals surface area contributed by atoms with Gasteiger partial charge in [-0.05, 0) is 35.0 Å². The molecule has 0 saturated carbocycles. The third-order valence-corrected chi connectivity index (χ3v) is 3.40. The zero-order valence-corrected chi connectivity index (χ0v) is 9.83. The van der Waals surface area contributed by atoms with Gasteiger partial charge in [-0.15, -0.1) is 11.3 Å². The Bertz CT molecular complexity index is 300. The number of rotatable bonds is 2. The lowest BCUT2D eigenvalue weighted by Gasteiger charge is -2.10. The minimum Gasteiger partial charge on any atom is -0.341 e. The number of carbonyl (C=O) groups is 1. The van der Waals surface area contributed by atoms with Crippen LogP contribution in [0.25, 0.3) is 0 Å². The summed E-state index contributed by atoms with van der Waals surface area (Å²) in [5.74, 6) is 0. The predicted molar refractivity (Wildman–Crippen MR) is 58.0 cm³/mol.